The highest BCUT2D eigenvalue weighted by atomic mass is 16.4. The van der Waals surface area contributed by atoms with E-state index in [1.165, 1.54) is 6.33 Å². The van der Waals surface area contributed by atoms with Crippen molar-refractivity contribution in [3.05, 3.63) is 76.8 Å². The normalized spacial score (nSPS) is 12.8. The second kappa shape index (κ2) is 8.99. The summed E-state index contributed by atoms with van der Waals surface area (Å²) in [6, 6.07) is 12.8. The summed E-state index contributed by atoms with van der Waals surface area (Å²) in [6.45, 7) is 0. The van der Waals surface area contributed by atoms with Gasteiger partial charge < -0.3 is 15.5 Å². The van der Waals surface area contributed by atoms with Crippen LogP contribution in [0.15, 0.2) is 65.7 Å². The molecule has 2 aromatic carbocycles. The number of amides is 1. The predicted octanol–water partition coefficient (Wildman–Crippen LogP) is 1.22. The van der Waals surface area contributed by atoms with Crippen molar-refractivity contribution >= 4 is 28.7 Å². The van der Waals surface area contributed by atoms with Gasteiger partial charge in [0.1, 0.15) is 12.1 Å². The van der Waals surface area contributed by atoms with Gasteiger partial charge in [0, 0.05) is 6.42 Å². The number of nitrogens with one attached hydrogen (secondary N) is 1. The molecule has 3 aromatic rings. The minimum absolute atomic E-state index is 0.0893. The molecule has 0 unspecified atom stereocenters. The number of carbonyl (C=O) groups excluding carboxylic acids is 1. The maximum Gasteiger partial charge on any atom is 0.326 e. The minimum atomic E-state index is -1.63. The van der Waals surface area contributed by atoms with Gasteiger partial charge in [0.2, 0.25) is 5.91 Å². The Balaban J connectivity index is 2.01. The third kappa shape index (κ3) is 4.69. The third-order valence-corrected chi connectivity index (χ3v) is 4.59. The highest BCUT2D eigenvalue weighted by Gasteiger charge is 2.29. The van der Waals surface area contributed by atoms with Gasteiger partial charge in [-0.25, -0.2) is 9.78 Å². The molecule has 0 saturated heterocycles. The molecule has 3 N–H and O–H groups in total. The fraction of sp³-hybridized carbons (Fsp3) is 0.190. The van der Waals surface area contributed by atoms with Crippen LogP contribution in [0.5, 0.6) is 0 Å². The molecule has 0 saturated carbocycles. The lowest BCUT2D eigenvalue weighted by Gasteiger charge is -2.22. The predicted molar refractivity (Wildman–Crippen MR) is 107 cm³/mol. The summed E-state index contributed by atoms with van der Waals surface area (Å²) < 4.78 is 1.14. The molecule has 1 heterocycles. The van der Waals surface area contributed by atoms with E-state index in [-0.39, 0.29) is 6.42 Å². The van der Waals surface area contributed by atoms with E-state index in [2.05, 4.69) is 10.3 Å². The molecule has 154 valence electrons. The van der Waals surface area contributed by atoms with E-state index in [0.717, 1.165) is 10.1 Å². The molecule has 9 heteroatoms. The van der Waals surface area contributed by atoms with Gasteiger partial charge in [-0.1, -0.05) is 42.5 Å². The number of carboxylic acid groups (broad SMARTS) is 2. The summed E-state index contributed by atoms with van der Waals surface area (Å²) in [5.74, 6) is -3.63. The molecule has 0 aliphatic carbocycles. The van der Waals surface area contributed by atoms with Gasteiger partial charge in [0.15, 0.2) is 0 Å². The van der Waals surface area contributed by atoms with E-state index in [1.54, 1.807) is 54.6 Å². The van der Waals surface area contributed by atoms with Gasteiger partial charge in [-0.3, -0.25) is 19.0 Å². The molecule has 0 spiro atoms. The first-order valence-corrected chi connectivity index (χ1v) is 9.11. The summed E-state index contributed by atoms with van der Waals surface area (Å²) in [7, 11) is 0. The number of aliphatic carboxylic acids is 2. The summed E-state index contributed by atoms with van der Waals surface area (Å²) in [5.41, 5.74) is 0.747. The number of carboxylic acids is 2. The van der Waals surface area contributed by atoms with Crippen molar-refractivity contribution in [2.24, 2.45) is 0 Å². The molecular formula is C21H19N3O6. The second-order valence-corrected chi connectivity index (χ2v) is 6.68. The van der Waals surface area contributed by atoms with Crippen LogP contribution in [0.25, 0.3) is 10.9 Å². The summed E-state index contributed by atoms with van der Waals surface area (Å²) in [5, 5.41) is 20.7. The van der Waals surface area contributed by atoms with Gasteiger partial charge in [0.05, 0.1) is 23.7 Å². The number of hydrogen-bond acceptors (Lipinski definition) is 5. The van der Waals surface area contributed by atoms with Crippen molar-refractivity contribution in [2.75, 3.05) is 0 Å². The Bertz CT molecular complexity index is 1140. The zero-order valence-corrected chi connectivity index (χ0v) is 15.8. The van der Waals surface area contributed by atoms with Gasteiger partial charge in [-0.05, 0) is 17.7 Å². The van der Waals surface area contributed by atoms with Crippen molar-refractivity contribution in [1.29, 1.82) is 0 Å². The van der Waals surface area contributed by atoms with E-state index in [0.29, 0.717) is 10.9 Å². The number of hydrogen-bond donors (Lipinski definition) is 3. The molecule has 0 aliphatic rings. The quantitative estimate of drug-likeness (QED) is 0.508. The Kier molecular flexibility index (Phi) is 6.21. The maximum atomic E-state index is 13.0. The van der Waals surface area contributed by atoms with Crippen molar-refractivity contribution in [2.45, 2.75) is 24.9 Å². The smallest absolute Gasteiger partial charge is 0.326 e. The van der Waals surface area contributed by atoms with Gasteiger partial charge >= 0.3 is 11.9 Å². The van der Waals surface area contributed by atoms with Gasteiger partial charge in [0.25, 0.3) is 5.56 Å². The molecule has 2 atom stereocenters. The topological polar surface area (TPSA) is 139 Å². The first-order chi connectivity index (χ1) is 14.4. The zero-order chi connectivity index (χ0) is 21.7. The van der Waals surface area contributed by atoms with E-state index in [1.807, 2.05) is 0 Å². The van der Waals surface area contributed by atoms with Crippen LogP contribution in [0.1, 0.15) is 18.0 Å². The van der Waals surface area contributed by atoms with Crippen LogP contribution in [-0.4, -0.2) is 43.7 Å². The Morgan fingerprint density at radius 1 is 1.00 bits per heavy atom. The lowest BCUT2D eigenvalue weighted by atomic mass is 10.0. The number of carbonyl (C=O) groups is 3. The fourth-order valence-electron chi connectivity index (χ4n) is 3.10. The average Bonchev–Trinajstić information content (AvgIpc) is 2.72. The standard InChI is InChI=1S/C21H19N3O6/c25-18(26)11-16(21(29)30)23-19(27)17(10-13-6-2-1-3-7-13)24-12-22-15-9-5-4-8-14(15)20(24)28/h1-9,12,16-17H,10-11H2,(H,23,27)(H,25,26)(H,29,30)/t16-,17-/m0/s1. The average molecular weight is 409 g/mol. The number of para-hydroxylation sites is 1. The van der Waals surface area contributed by atoms with Crippen LogP contribution in [0.2, 0.25) is 0 Å². The van der Waals surface area contributed by atoms with Crippen LogP contribution in [0.3, 0.4) is 0 Å². The molecule has 9 nitrogen and oxygen atoms in total. The Morgan fingerprint density at radius 2 is 1.67 bits per heavy atom. The van der Waals surface area contributed by atoms with Crippen LogP contribution in [0.4, 0.5) is 0 Å². The molecule has 0 aliphatic heterocycles. The summed E-state index contributed by atoms with van der Waals surface area (Å²) >= 11 is 0. The van der Waals surface area contributed by atoms with Crippen LogP contribution < -0.4 is 10.9 Å². The largest absolute Gasteiger partial charge is 0.481 e. The molecule has 0 fully saturated rings. The van der Waals surface area contributed by atoms with Crippen LogP contribution in [-0.2, 0) is 20.8 Å². The van der Waals surface area contributed by atoms with Crippen molar-refractivity contribution < 1.29 is 24.6 Å². The zero-order valence-electron chi connectivity index (χ0n) is 15.8. The van der Waals surface area contributed by atoms with Crippen LogP contribution >= 0.6 is 0 Å². The third-order valence-electron chi connectivity index (χ3n) is 4.59. The monoisotopic (exact) mass is 409 g/mol. The van der Waals surface area contributed by atoms with E-state index < -0.39 is 41.9 Å². The molecule has 1 amide bonds. The van der Waals surface area contributed by atoms with Crippen molar-refractivity contribution in [1.82, 2.24) is 14.9 Å². The number of rotatable bonds is 8. The molecule has 1 aromatic heterocycles. The molecule has 0 radical (unpaired) electrons. The Labute approximate surface area is 170 Å². The molecule has 3 rings (SSSR count). The van der Waals surface area contributed by atoms with Gasteiger partial charge in [-0.2, -0.15) is 0 Å². The number of nitrogens with zero attached hydrogens (tertiary/aromatic N) is 2. The number of aromatic nitrogens is 2. The number of benzene rings is 2. The van der Waals surface area contributed by atoms with E-state index >= 15 is 0 Å². The summed E-state index contributed by atoms with van der Waals surface area (Å²) in [4.78, 5) is 52.5. The maximum absolute atomic E-state index is 13.0. The second-order valence-electron chi connectivity index (χ2n) is 6.68. The lowest BCUT2D eigenvalue weighted by Crippen LogP contribution is -2.47. The highest BCUT2D eigenvalue weighted by Crippen LogP contribution is 2.15. The van der Waals surface area contributed by atoms with Crippen LogP contribution in [0, 0.1) is 0 Å². The Hall–Kier alpha value is -4.01. The van der Waals surface area contributed by atoms with E-state index in [9.17, 15) is 24.3 Å². The van der Waals surface area contributed by atoms with E-state index in [4.69, 9.17) is 5.11 Å². The molecular weight excluding hydrogens is 390 g/mol. The number of fused-ring (bicyclic) bond motifs is 1. The minimum Gasteiger partial charge on any atom is -0.481 e. The Morgan fingerprint density at radius 3 is 2.33 bits per heavy atom. The van der Waals surface area contributed by atoms with Crippen molar-refractivity contribution in [3.63, 3.8) is 0 Å². The highest BCUT2D eigenvalue weighted by molar-refractivity contribution is 5.89. The molecule has 0 bridgehead atoms. The van der Waals surface area contributed by atoms with Gasteiger partial charge in [-0.15, -0.1) is 0 Å². The first kappa shape index (κ1) is 20.7. The fourth-order valence-corrected chi connectivity index (χ4v) is 3.10. The molecule has 30 heavy (non-hydrogen) atoms. The van der Waals surface area contributed by atoms with Crippen molar-refractivity contribution in [3.8, 4) is 0 Å². The lowest BCUT2D eigenvalue weighted by molar-refractivity contribution is -0.147. The summed E-state index contributed by atoms with van der Waals surface area (Å²) in [6.07, 6.45) is 0.542. The first-order valence-electron chi connectivity index (χ1n) is 9.11. The SMILES string of the molecule is O=C(O)C[C@H](NC(=O)[C@H](Cc1ccccc1)n1cnc2ccccc2c1=O)C(=O)O.